The average Bonchev–Trinajstić information content (AvgIpc) is 3.13. The molecular weight excluding hydrogens is 360 g/mol. The van der Waals surface area contributed by atoms with Crippen LogP contribution in [-0.4, -0.2) is 33.5 Å². The van der Waals surface area contributed by atoms with Crippen molar-refractivity contribution in [1.82, 2.24) is 20.1 Å². The van der Waals surface area contributed by atoms with Crippen LogP contribution in [0.5, 0.6) is 5.75 Å². The highest BCUT2D eigenvalue weighted by Crippen LogP contribution is 2.22. The third kappa shape index (κ3) is 4.89. The molecule has 1 aromatic heterocycles. The number of nitrogens with one attached hydrogen (secondary N) is 1. The van der Waals surface area contributed by atoms with E-state index in [-0.39, 0.29) is 11.7 Å². The molecule has 0 aliphatic carbocycles. The number of nitrogens with zero attached hydrogens (tertiary/aromatic N) is 3. The molecular formula is C20H22N4O2S. The molecule has 7 heteroatoms. The minimum absolute atomic E-state index is 0.0574. The molecule has 0 unspecified atom stereocenters. The van der Waals surface area contributed by atoms with Gasteiger partial charge in [0.05, 0.1) is 18.6 Å². The van der Waals surface area contributed by atoms with Crippen LogP contribution >= 0.6 is 11.8 Å². The summed E-state index contributed by atoms with van der Waals surface area (Å²) in [6.45, 7) is 4.57. The van der Waals surface area contributed by atoms with Gasteiger partial charge in [-0.05, 0) is 43.2 Å². The quantitative estimate of drug-likeness (QED) is 0.635. The normalized spacial score (nSPS) is 10.6. The Labute approximate surface area is 163 Å². The van der Waals surface area contributed by atoms with E-state index in [2.05, 4.69) is 41.5 Å². The molecule has 0 bridgehead atoms. The van der Waals surface area contributed by atoms with Gasteiger partial charge >= 0.3 is 0 Å². The van der Waals surface area contributed by atoms with Gasteiger partial charge in [-0.2, -0.15) is 0 Å². The molecule has 3 aromatic rings. The maximum atomic E-state index is 12.2. The van der Waals surface area contributed by atoms with Crippen LogP contribution in [0.4, 0.5) is 0 Å². The summed E-state index contributed by atoms with van der Waals surface area (Å²) < 4.78 is 7.11. The first-order chi connectivity index (χ1) is 13.1. The first kappa shape index (κ1) is 19.0. The van der Waals surface area contributed by atoms with Crippen molar-refractivity contribution in [3.05, 3.63) is 65.5 Å². The lowest BCUT2D eigenvalue weighted by atomic mass is 10.1. The van der Waals surface area contributed by atoms with Gasteiger partial charge in [-0.25, -0.2) is 0 Å². The summed E-state index contributed by atoms with van der Waals surface area (Å²) in [7, 11) is 1.63. The zero-order valence-electron chi connectivity index (χ0n) is 15.6. The standard InChI is InChI=1S/C20H22N4O2S/c1-14-7-8-18(15(2)9-14)24-13-22-23-20(24)27-12-19(25)21-11-16-5-4-6-17(10-16)26-3/h4-10,13H,11-12H2,1-3H3,(H,21,25). The minimum Gasteiger partial charge on any atom is -0.497 e. The predicted molar refractivity (Wildman–Crippen MR) is 106 cm³/mol. The van der Waals surface area contributed by atoms with Gasteiger partial charge < -0.3 is 10.1 Å². The molecule has 0 saturated carbocycles. The lowest BCUT2D eigenvalue weighted by molar-refractivity contribution is -0.118. The minimum atomic E-state index is -0.0574. The van der Waals surface area contributed by atoms with Crippen LogP contribution in [0.1, 0.15) is 16.7 Å². The highest BCUT2D eigenvalue weighted by atomic mass is 32.2. The van der Waals surface area contributed by atoms with E-state index in [0.717, 1.165) is 22.6 Å². The lowest BCUT2D eigenvalue weighted by Crippen LogP contribution is -2.24. The Morgan fingerprint density at radius 3 is 2.85 bits per heavy atom. The molecule has 0 fully saturated rings. The zero-order chi connectivity index (χ0) is 19.2. The van der Waals surface area contributed by atoms with E-state index in [1.165, 1.54) is 17.3 Å². The molecule has 0 aliphatic heterocycles. The third-order valence-corrected chi connectivity index (χ3v) is 5.03. The van der Waals surface area contributed by atoms with Crippen LogP contribution in [0.3, 0.4) is 0 Å². The predicted octanol–water partition coefficient (Wildman–Crippen LogP) is 3.30. The molecule has 2 aromatic carbocycles. The van der Waals surface area contributed by atoms with E-state index in [1.807, 2.05) is 34.9 Å². The summed E-state index contributed by atoms with van der Waals surface area (Å²) in [5, 5.41) is 11.8. The topological polar surface area (TPSA) is 69.0 Å². The van der Waals surface area contributed by atoms with E-state index < -0.39 is 0 Å². The monoisotopic (exact) mass is 382 g/mol. The molecule has 0 aliphatic rings. The summed E-state index contributed by atoms with van der Waals surface area (Å²) in [5.41, 5.74) is 4.35. The number of amides is 1. The van der Waals surface area contributed by atoms with E-state index >= 15 is 0 Å². The van der Waals surface area contributed by atoms with Gasteiger partial charge in [0.15, 0.2) is 5.16 Å². The number of carbonyl (C=O) groups is 1. The maximum Gasteiger partial charge on any atom is 0.230 e. The number of aryl methyl sites for hydroxylation is 2. The second-order valence-electron chi connectivity index (χ2n) is 6.19. The third-order valence-electron chi connectivity index (χ3n) is 4.08. The summed E-state index contributed by atoms with van der Waals surface area (Å²) in [6.07, 6.45) is 1.67. The molecule has 0 spiro atoms. The van der Waals surface area contributed by atoms with Crippen molar-refractivity contribution in [2.75, 3.05) is 12.9 Å². The molecule has 1 heterocycles. The van der Waals surface area contributed by atoms with Crippen molar-refractivity contribution in [2.24, 2.45) is 0 Å². The van der Waals surface area contributed by atoms with Crippen LogP contribution < -0.4 is 10.1 Å². The van der Waals surface area contributed by atoms with Crippen molar-refractivity contribution in [1.29, 1.82) is 0 Å². The Kier molecular flexibility index (Phi) is 6.13. The first-order valence-corrected chi connectivity index (χ1v) is 9.55. The van der Waals surface area contributed by atoms with Crippen LogP contribution in [0.25, 0.3) is 5.69 Å². The van der Waals surface area contributed by atoms with Crippen molar-refractivity contribution < 1.29 is 9.53 Å². The second kappa shape index (κ2) is 8.73. The van der Waals surface area contributed by atoms with Gasteiger partial charge in [-0.1, -0.05) is 41.6 Å². The maximum absolute atomic E-state index is 12.2. The number of hydrogen-bond acceptors (Lipinski definition) is 5. The highest BCUT2D eigenvalue weighted by molar-refractivity contribution is 7.99. The Bertz CT molecular complexity index is 939. The fraction of sp³-hybridized carbons (Fsp3) is 0.250. The van der Waals surface area contributed by atoms with Crippen molar-refractivity contribution in [3.63, 3.8) is 0 Å². The Hall–Kier alpha value is -2.80. The summed E-state index contributed by atoms with van der Waals surface area (Å²) in [4.78, 5) is 12.2. The van der Waals surface area contributed by atoms with Crippen LogP contribution in [0, 0.1) is 13.8 Å². The first-order valence-electron chi connectivity index (χ1n) is 8.57. The van der Waals surface area contributed by atoms with Crippen LogP contribution in [-0.2, 0) is 11.3 Å². The smallest absolute Gasteiger partial charge is 0.230 e. The summed E-state index contributed by atoms with van der Waals surface area (Å²) >= 11 is 1.36. The average molecular weight is 382 g/mol. The SMILES string of the molecule is COc1cccc(CNC(=O)CSc2nncn2-c2ccc(C)cc2C)c1. The van der Waals surface area contributed by atoms with E-state index in [1.54, 1.807) is 13.4 Å². The number of aromatic nitrogens is 3. The summed E-state index contributed by atoms with van der Waals surface area (Å²) in [5.74, 6) is 0.990. The Morgan fingerprint density at radius 2 is 2.07 bits per heavy atom. The van der Waals surface area contributed by atoms with Crippen LogP contribution in [0.2, 0.25) is 0 Å². The van der Waals surface area contributed by atoms with Crippen molar-refractivity contribution >= 4 is 17.7 Å². The number of methoxy groups -OCH3 is 1. The van der Waals surface area contributed by atoms with E-state index in [4.69, 9.17) is 4.74 Å². The van der Waals surface area contributed by atoms with Gasteiger partial charge in [0.2, 0.25) is 5.91 Å². The molecule has 6 nitrogen and oxygen atoms in total. The largest absolute Gasteiger partial charge is 0.497 e. The zero-order valence-corrected chi connectivity index (χ0v) is 16.4. The van der Waals surface area contributed by atoms with Crippen molar-refractivity contribution in [3.8, 4) is 11.4 Å². The van der Waals surface area contributed by atoms with Crippen molar-refractivity contribution in [2.45, 2.75) is 25.5 Å². The van der Waals surface area contributed by atoms with E-state index in [9.17, 15) is 4.79 Å². The number of thioether (sulfide) groups is 1. The van der Waals surface area contributed by atoms with Crippen LogP contribution in [0.15, 0.2) is 53.9 Å². The second-order valence-corrected chi connectivity index (χ2v) is 7.13. The number of rotatable bonds is 7. The molecule has 1 N–H and O–H groups in total. The van der Waals surface area contributed by atoms with Gasteiger partial charge in [-0.15, -0.1) is 10.2 Å². The molecule has 3 rings (SSSR count). The number of carbonyl (C=O) groups excluding carboxylic acids is 1. The molecule has 0 radical (unpaired) electrons. The van der Waals surface area contributed by atoms with E-state index in [0.29, 0.717) is 11.7 Å². The lowest BCUT2D eigenvalue weighted by Gasteiger charge is -2.10. The Morgan fingerprint density at radius 1 is 1.22 bits per heavy atom. The highest BCUT2D eigenvalue weighted by Gasteiger charge is 2.12. The van der Waals surface area contributed by atoms with Gasteiger partial charge in [0.25, 0.3) is 0 Å². The fourth-order valence-corrected chi connectivity index (χ4v) is 3.48. The molecule has 27 heavy (non-hydrogen) atoms. The molecule has 140 valence electrons. The number of ether oxygens (including phenoxy) is 1. The van der Waals surface area contributed by atoms with Gasteiger partial charge in [0, 0.05) is 6.54 Å². The number of hydrogen-bond donors (Lipinski definition) is 1. The van der Waals surface area contributed by atoms with Gasteiger partial charge in [0.1, 0.15) is 12.1 Å². The molecule has 0 saturated heterocycles. The summed E-state index contributed by atoms with van der Waals surface area (Å²) in [6, 6.07) is 13.8. The Balaban J connectivity index is 1.59. The molecule has 0 atom stereocenters. The molecule has 1 amide bonds. The fourth-order valence-electron chi connectivity index (χ4n) is 2.73. The number of benzene rings is 2. The van der Waals surface area contributed by atoms with Gasteiger partial charge in [-0.3, -0.25) is 9.36 Å².